The summed E-state index contributed by atoms with van der Waals surface area (Å²) in [5.74, 6) is 0.620. The second-order valence-corrected chi connectivity index (χ2v) is 8.66. The van der Waals surface area contributed by atoms with Gasteiger partial charge in [0.15, 0.2) is 0 Å². The Morgan fingerprint density at radius 2 is 1.72 bits per heavy atom. The van der Waals surface area contributed by atoms with Gasteiger partial charge < -0.3 is 10.1 Å². The summed E-state index contributed by atoms with van der Waals surface area (Å²) in [6, 6.07) is 6.81. The van der Waals surface area contributed by atoms with Crippen molar-refractivity contribution >= 4 is 21.6 Å². The molecule has 1 rings (SSSR count). The Kier molecular flexibility index (Phi) is 7.73. The molecule has 1 amide bonds. The van der Waals surface area contributed by atoms with Gasteiger partial charge in [-0.25, -0.2) is 8.42 Å². The maximum Gasteiger partial charge on any atom is 0.241 e. The summed E-state index contributed by atoms with van der Waals surface area (Å²) < 4.78 is 31.1. The first kappa shape index (κ1) is 21.3. The number of ether oxygens (including phenoxy) is 1. The molecule has 0 atom stereocenters. The zero-order chi connectivity index (χ0) is 19.2. The van der Waals surface area contributed by atoms with E-state index in [1.807, 2.05) is 34.6 Å². The standard InChI is InChI=1S/C18H30N2O4S/c1-7-24-16-11-9-8-10-15(16)20(25(6,22)23)12-17(21)19-18(13(2)3)14(4)5/h8-11,13-14,18H,7,12H2,1-6H3,(H,19,21). The van der Waals surface area contributed by atoms with Crippen LogP contribution in [0, 0.1) is 11.8 Å². The van der Waals surface area contributed by atoms with Crippen molar-refractivity contribution in [1.82, 2.24) is 5.32 Å². The Labute approximate surface area is 151 Å². The number of carbonyl (C=O) groups is 1. The van der Waals surface area contributed by atoms with Crippen molar-refractivity contribution in [3.63, 3.8) is 0 Å². The van der Waals surface area contributed by atoms with Gasteiger partial charge in [0.1, 0.15) is 12.3 Å². The molecular weight excluding hydrogens is 340 g/mol. The predicted molar refractivity (Wildman–Crippen MR) is 101 cm³/mol. The maximum atomic E-state index is 12.5. The lowest BCUT2D eigenvalue weighted by Crippen LogP contribution is -2.47. The molecule has 1 N–H and O–H groups in total. The van der Waals surface area contributed by atoms with Crippen LogP contribution >= 0.6 is 0 Å². The van der Waals surface area contributed by atoms with Crippen molar-refractivity contribution in [2.24, 2.45) is 11.8 Å². The van der Waals surface area contributed by atoms with Gasteiger partial charge in [-0.1, -0.05) is 39.8 Å². The van der Waals surface area contributed by atoms with E-state index in [1.54, 1.807) is 24.3 Å². The lowest BCUT2D eigenvalue weighted by atomic mass is 9.93. The lowest BCUT2D eigenvalue weighted by molar-refractivity contribution is -0.121. The molecular formula is C18H30N2O4S. The Morgan fingerprint density at radius 1 is 1.16 bits per heavy atom. The van der Waals surface area contributed by atoms with Crippen LogP contribution < -0.4 is 14.4 Å². The smallest absolute Gasteiger partial charge is 0.241 e. The largest absolute Gasteiger partial charge is 0.492 e. The van der Waals surface area contributed by atoms with E-state index in [4.69, 9.17) is 4.74 Å². The Balaban J connectivity index is 3.09. The highest BCUT2D eigenvalue weighted by Gasteiger charge is 2.26. The van der Waals surface area contributed by atoms with E-state index in [2.05, 4.69) is 5.32 Å². The molecule has 0 aliphatic heterocycles. The van der Waals surface area contributed by atoms with Crippen molar-refractivity contribution in [1.29, 1.82) is 0 Å². The van der Waals surface area contributed by atoms with Crippen LogP contribution in [0.2, 0.25) is 0 Å². The van der Waals surface area contributed by atoms with Gasteiger partial charge in [-0.3, -0.25) is 9.10 Å². The van der Waals surface area contributed by atoms with Gasteiger partial charge in [0.2, 0.25) is 15.9 Å². The minimum absolute atomic E-state index is 0.0176. The zero-order valence-corrected chi connectivity index (χ0v) is 16.8. The summed E-state index contributed by atoms with van der Waals surface area (Å²) in [7, 11) is -3.64. The molecule has 0 unspecified atom stereocenters. The van der Waals surface area contributed by atoms with Gasteiger partial charge in [-0.2, -0.15) is 0 Å². The quantitative estimate of drug-likeness (QED) is 0.725. The third-order valence-corrected chi connectivity index (χ3v) is 5.01. The van der Waals surface area contributed by atoms with Crippen molar-refractivity contribution in [3.8, 4) is 5.75 Å². The SMILES string of the molecule is CCOc1ccccc1N(CC(=O)NC(C(C)C)C(C)C)S(C)(=O)=O. The summed E-state index contributed by atoms with van der Waals surface area (Å²) in [6.45, 7) is 10.1. The average Bonchev–Trinajstić information content (AvgIpc) is 2.49. The lowest BCUT2D eigenvalue weighted by Gasteiger charge is -2.29. The highest BCUT2D eigenvalue weighted by molar-refractivity contribution is 7.92. The zero-order valence-electron chi connectivity index (χ0n) is 15.9. The summed E-state index contributed by atoms with van der Waals surface area (Å²) in [5.41, 5.74) is 0.368. The van der Waals surface area contributed by atoms with Crippen molar-refractivity contribution < 1.29 is 17.9 Å². The molecule has 0 aliphatic carbocycles. The van der Waals surface area contributed by atoms with Crippen molar-refractivity contribution in [2.45, 2.75) is 40.7 Å². The van der Waals surface area contributed by atoms with E-state index in [1.165, 1.54) is 0 Å². The first-order valence-electron chi connectivity index (χ1n) is 8.56. The number of carbonyl (C=O) groups excluding carboxylic acids is 1. The normalized spacial score (nSPS) is 11.9. The number of anilines is 1. The van der Waals surface area contributed by atoms with Gasteiger partial charge in [0.25, 0.3) is 0 Å². The van der Waals surface area contributed by atoms with Crippen LogP contribution in [0.15, 0.2) is 24.3 Å². The minimum Gasteiger partial charge on any atom is -0.492 e. The predicted octanol–water partition coefficient (Wildman–Crippen LogP) is 2.65. The van der Waals surface area contributed by atoms with Crippen molar-refractivity contribution in [3.05, 3.63) is 24.3 Å². The van der Waals surface area contributed by atoms with Crippen LogP contribution in [0.3, 0.4) is 0 Å². The van der Waals surface area contributed by atoms with Gasteiger partial charge in [0, 0.05) is 6.04 Å². The summed E-state index contributed by atoms with van der Waals surface area (Å²) in [4.78, 5) is 12.5. The maximum absolute atomic E-state index is 12.5. The molecule has 25 heavy (non-hydrogen) atoms. The highest BCUT2D eigenvalue weighted by Crippen LogP contribution is 2.29. The molecule has 0 heterocycles. The molecule has 0 aliphatic rings. The van der Waals surface area contributed by atoms with E-state index in [9.17, 15) is 13.2 Å². The van der Waals surface area contributed by atoms with E-state index in [-0.39, 0.29) is 30.3 Å². The molecule has 142 valence electrons. The Hall–Kier alpha value is -1.76. The monoisotopic (exact) mass is 370 g/mol. The van der Waals surface area contributed by atoms with Crippen LogP contribution in [0.25, 0.3) is 0 Å². The van der Waals surface area contributed by atoms with E-state index in [0.29, 0.717) is 18.0 Å². The minimum atomic E-state index is -3.64. The molecule has 0 saturated heterocycles. The number of amides is 1. The van der Waals surface area contributed by atoms with E-state index < -0.39 is 10.0 Å². The molecule has 0 aromatic heterocycles. The second-order valence-electron chi connectivity index (χ2n) is 6.75. The average molecular weight is 371 g/mol. The molecule has 6 nitrogen and oxygen atoms in total. The summed E-state index contributed by atoms with van der Waals surface area (Å²) in [5, 5.41) is 2.95. The van der Waals surface area contributed by atoms with Crippen LogP contribution in [-0.4, -0.2) is 39.8 Å². The first-order chi connectivity index (χ1) is 11.6. The molecule has 1 aromatic rings. The number of rotatable bonds is 9. The van der Waals surface area contributed by atoms with Crippen LogP contribution in [0.5, 0.6) is 5.75 Å². The van der Waals surface area contributed by atoms with E-state index >= 15 is 0 Å². The Bertz CT molecular complexity index is 663. The fraction of sp³-hybridized carbons (Fsp3) is 0.611. The molecule has 1 aromatic carbocycles. The summed E-state index contributed by atoms with van der Waals surface area (Å²) in [6.07, 6.45) is 1.09. The van der Waals surface area contributed by atoms with Gasteiger partial charge in [-0.05, 0) is 30.9 Å². The molecule has 0 bridgehead atoms. The highest BCUT2D eigenvalue weighted by atomic mass is 32.2. The van der Waals surface area contributed by atoms with Crippen LogP contribution in [0.1, 0.15) is 34.6 Å². The van der Waals surface area contributed by atoms with Gasteiger partial charge in [-0.15, -0.1) is 0 Å². The third-order valence-electron chi connectivity index (χ3n) is 3.89. The number of benzene rings is 1. The molecule has 7 heteroatoms. The molecule has 0 fully saturated rings. The second kappa shape index (κ2) is 9.08. The number of nitrogens with one attached hydrogen (secondary N) is 1. The molecule has 0 spiro atoms. The fourth-order valence-electron chi connectivity index (χ4n) is 2.79. The molecule has 0 radical (unpaired) electrons. The first-order valence-corrected chi connectivity index (χ1v) is 10.4. The fourth-order valence-corrected chi connectivity index (χ4v) is 3.65. The number of para-hydroxylation sites is 2. The van der Waals surface area contributed by atoms with Crippen molar-refractivity contribution in [2.75, 3.05) is 23.7 Å². The summed E-state index contributed by atoms with van der Waals surface area (Å²) >= 11 is 0. The van der Waals surface area contributed by atoms with Gasteiger partial charge in [0.05, 0.1) is 18.6 Å². The van der Waals surface area contributed by atoms with Gasteiger partial charge >= 0.3 is 0 Å². The molecule has 0 saturated carbocycles. The van der Waals surface area contributed by atoms with Crippen LogP contribution in [0.4, 0.5) is 5.69 Å². The van der Waals surface area contributed by atoms with E-state index in [0.717, 1.165) is 10.6 Å². The van der Waals surface area contributed by atoms with Crippen LogP contribution in [-0.2, 0) is 14.8 Å². The number of nitrogens with zero attached hydrogens (tertiary/aromatic N) is 1. The number of hydrogen-bond acceptors (Lipinski definition) is 4. The number of hydrogen-bond donors (Lipinski definition) is 1. The third kappa shape index (κ3) is 6.23. The Morgan fingerprint density at radius 3 is 2.20 bits per heavy atom. The number of sulfonamides is 1. The topological polar surface area (TPSA) is 75.7 Å².